The summed E-state index contributed by atoms with van der Waals surface area (Å²) in [5.74, 6) is 0.411. The first kappa shape index (κ1) is 22.3. The Morgan fingerprint density at radius 3 is 2.58 bits per heavy atom. The number of nitrogens with two attached hydrogens (primary N) is 1. The average Bonchev–Trinajstić information content (AvgIpc) is 2.77. The molecule has 2 aromatic carbocycles. The van der Waals surface area contributed by atoms with E-state index in [4.69, 9.17) is 20.6 Å². The van der Waals surface area contributed by atoms with Crippen LogP contribution >= 0.6 is 0 Å². The molecule has 0 saturated carbocycles. The molecule has 0 aromatic heterocycles. The number of carbonyl (C=O) groups excluding carboxylic acids is 2. The molecule has 1 unspecified atom stereocenters. The predicted octanol–water partition coefficient (Wildman–Crippen LogP) is 3.53. The second-order valence-electron chi connectivity index (χ2n) is 7.81. The van der Waals surface area contributed by atoms with Gasteiger partial charge in [0.15, 0.2) is 0 Å². The lowest BCUT2D eigenvalue weighted by atomic mass is 9.93. The first-order valence-electron chi connectivity index (χ1n) is 10.5. The van der Waals surface area contributed by atoms with Gasteiger partial charge in [0.1, 0.15) is 11.6 Å². The maximum absolute atomic E-state index is 13.0. The third-order valence-corrected chi connectivity index (χ3v) is 5.38. The second kappa shape index (κ2) is 10.1. The van der Waals surface area contributed by atoms with Gasteiger partial charge in [-0.25, -0.2) is 0 Å². The SMILES string of the molecule is CCCCOC(=O)CC1COc2ccc(C(=O)N(C)c3ccc(C(=N)N)cc3)cc2C1. The van der Waals surface area contributed by atoms with Gasteiger partial charge in [-0.05, 0) is 60.9 Å². The van der Waals surface area contributed by atoms with E-state index in [1.807, 2.05) is 12.1 Å². The van der Waals surface area contributed by atoms with E-state index in [1.165, 1.54) is 0 Å². The molecule has 3 rings (SSSR count). The summed E-state index contributed by atoms with van der Waals surface area (Å²) in [5, 5.41) is 7.48. The van der Waals surface area contributed by atoms with E-state index in [9.17, 15) is 9.59 Å². The van der Waals surface area contributed by atoms with Crippen molar-refractivity contribution in [1.29, 1.82) is 5.41 Å². The van der Waals surface area contributed by atoms with Crippen molar-refractivity contribution in [3.63, 3.8) is 0 Å². The number of hydrogen-bond acceptors (Lipinski definition) is 5. The fourth-order valence-corrected chi connectivity index (χ4v) is 3.52. The third-order valence-electron chi connectivity index (χ3n) is 5.38. The summed E-state index contributed by atoms with van der Waals surface area (Å²) in [6.07, 6.45) is 2.83. The number of nitrogens with one attached hydrogen (secondary N) is 1. The number of amides is 1. The Morgan fingerprint density at radius 2 is 1.90 bits per heavy atom. The summed E-state index contributed by atoms with van der Waals surface area (Å²) in [7, 11) is 1.70. The Kier molecular flexibility index (Phi) is 7.28. The van der Waals surface area contributed by atoms with Gasteiger partial charge < -0.3 is 20.1 Å². The molecule has 1 heterocycles. The number of rotatable bonds is 8. The Labute approximate surface area is 182 Å². The minimum atomic E-state index is -0.202. The van der Waals surface area contributed by atoms with E-state index in [0.717, 1.165) is 24.2 Å². The van der Waals surface area contributed by atoms with Crippen molar-refractivity contribution in [3.8, 4) is 5.75 Å². The van der Waals surface area contributed by atoms with E-state index < -0.39 is 0 Å². The van der Waals surface area contributed by atoms with Gasteiger partial charge in [0, 0.05) is 29.8 Å². The number of nitrogens with zero attached hydrogens (tertiary/aromatic N) is 1. The minimum absolute atomic E-state index is 0.0148. The second-order valence-corrected chi connectivity index (χ2v) is 7.81. The molecule has 1 aliphatic heterocycles. The molecule has 1 aliphatic rings. The van der Waals surface area contributed by atoms with Crippen LogP contribution in [-0.4, -0.2) is 38.0 Å². The molecule has 1 amide bonds. The molecule has 3 N–H and O–H groups in total. The molecule has 7 nitrogen and oxygen atoms in total. The van der Waals surface area contributed by atoms with Crippen LogP contribution in [-0.2, 0) is 16.0 Å². The molecule has 7 heteroatoms. The molecule has 0 aliphatic carbocycles. The maximum atomic E-state index is 13.0. The summed E-state index contributed by atoms with van der Waals surface area (Å²) in [6, 6.07) is 12.4. The van der Waals surface area contributed by atoms with Crippen molar-refractivity contribution >= 4 is 23.4 Å². The summed E-state index contributed by atoms with van der Waals surface area (Å²) in [4.78, 5) is 26.6. The fourth-order valence-electron chi connectivity index (χ4n) is 3.52. The number of ether oxygens (including phenoxy) is 2. The Bertz CT molecular complexity index is 956. The molecule has 31 heavy (non-hydrogen) atoms. The molecule has 164 valence electrons. The van der Waals surface area contributed by atoms with E-state index in [-0.39, 0.29) is 23.6 Å². The summed E-state index contributed by atoms with van der Waals surface area (Å²) in [6.45, 7) is 2.97. The average molecular weight is 424 g/mol. The van der Waals surface area contributed by atoms with Gasteiger partial charge in [-0.3, -0.25) is 15.0 Å². The van der Waals surface area contributed by atoms with Gasteiger partial charge in [-0.2, -0.15) is 0 Å². The van der Waals surface area contributed by atoms with Gasteiger partial charge in [0.05, 0.1) is 19.6 Å². The number of anilines is 1. The van der Waals surface area contributed by atoms with E-state index in [0.29, 0.717) is 42.9 Å². The van der Waals surface area contributed by atoms with Gasteiger partial charge in [0.2, 0.25) is 0 Å². The smallest absolute Gasteiger partial charge is 0.306 e. The van der Waals surface area contributed by atoms with Crippen LogP contribution in [0.2, 0.25) is 0 Å². The highest BCUT2D eigenvalue weighted by atomic mass is 16.5. The number of fused-ring (bicyclic) bond motifs is 1. The highest BCUT2D eigenvalue weighted by Gasteiger charge is 2.24. The number of unbranched alkanes of at least 4 members (excludes halogenated alkanes) is 1. The van der Waals surface area contributed by atoms with Crippen molar-refractivity contribution in [1.82, 2.24) is 0 Å². The number of carbonyl (C=O) groups is 2. The Balaban J connectivity index is 1.67. The quantitative estimate of drug-likeness (QED) is 0.292. The fraction of sp³-hybridized carbons (Fsp3) is 0.375. The van der Waals surface area contributed by atoms with Crippen LogP contribution in [0.15, 0.2) is 42.5 Å². The van der Waals surface area contributed by atoms with Crippen molar-refractivity contribution in [2.45, 2.75) is 32.6 Å². The topological polar surface area (TPSA) is 106 Å². The van der Waals surface area contributed by atoms with Crippen LogP contribution in [0.1, 0.15) is 47.7 Å². The van der Waals surface area contributed by atoms with E-state index >= 15 is 0 Å². The van der Waals surface area contributed by atoms with E-state index in [2.05, 4.69) is 6.92 Å². The highest BCUT2D eigenvalue weighted by Crippen LogP contribution is 2.30. The van der Waals surface area contributed by atoms with E-state index in [1.54, 1.807) is 42.3 Å². The number of esters is 1. The highest BCUT2D eigenvalue weighted by molar-refractivity contribution is 6.06. The predicted molar refractivity (Wildman–Crippen MR) is 120 cm³/mol. The molecule has 0 bridgehead atoms. The number of nitrogen functional groups attached to an aromatic ring is 1. The first-order chi connectivity index (χ1) is 14.9. The summed E-state index contributed by atoms with van der Waals surface area (Å²) in [5.41, 5.74) is 8.27. The largest absolute Gasteiger partial charge is 0.493 e. The monoisotopic (exact) mass is 423 g/mol. The van der Waals surface area contributed by atoms with Gasteiger partial charge in [-0.15, -0.1) is 0 Å². The lowest BCUT2D eigenvalue weighted by molar-refractivity contribution is -0.145. The molecule has 1 atom stereocenters. The van der Waals surface area contributed by atoms with Gasteiger partial charge >= 0.3 is 5.97 Å². The molecule has 2 aromatic rings. The van der Waals surface area contributed by atoms with Crippen molar-refractivity contribution < 1.29 is 19.1 Å². The van der Waals surface area contributed by atoms with Crippen LogP contribution < -0.4 is 15.4 Å². The molecule has 0 saturated heterocycles. The maximum Gasteiger partial charge on any atom is 0.306 e. The molecular weight excluding hydrogens is 394 g/mol. The number of amidine groups is 1. The zero-order valence-corrected chi connectivity index (χ0v) is 18.0. The standard InChI is InChI=1S/C24H29N3O4/c1-3-4-11-30-22(28)13-16-12-19-14-18(7-10-21(19)31-15-16)24(29)27(2)20-8-5-17(6-9-20)23(25)26/h5-10,14,16H,3-4,11-13,15H2,1-2H3,(H3,25,26). The van der Waals surface area contributed by atoms with Crippen LogP contribution in [0, 0.1) is 11.3 Å². The molecule has 0 radical (unpaired) electrons. The number of hydrogen-bond donors (Lipinski definition) is 2. The van der Waals surface area contributed by atoms with Crippen LogP contribution in [0.4, 0.5) is 5.69 Å². The number of benzene rings is 2. The normalized spacial score (nSPS) is 14.8. The molecular formula is C24H29N3O4. The van der Waals surface area contributed by atoms with Crippen molar-refractivity contribution in [2.24, 2.45) is 11.7 Å². The van der Waals surface area contributed by atoms with Gasteiger partial charge in [-0.1, -0.05) is 13.3 Å². The molecule has 0 fully saturated rings. The lowest BCUT2D eigenvalue weighted by Crippen LogP contribution is -2.28. The van der Waals surface area contributed by atoms with Crippen molar-refractivity contribution in [3.05, 3.63) is 59.2 Å². The molecule has 0 spiro atoms. The van der Waals surface area contributed by atoms with Gasteiger partial charge in [0.25, 0.3) is 5.91 Å². The first-order valence-corrected chi connectivity index (χ1v) is 10.5. The lowest BCUT2D eigenvalue weighted by Gasteiger charge is -2.26. The van der Waals surface area contributed by atoms with Crippen LogP contribution in [0.5, 0.6) is 5.75 Å². The summed E-state index contributed by atoms with van der Waals surface area (Å²) < 4.78 is 11.1. The van der Waals surface area contributed by atoms with Crippen LogP contribution in [0.3, 0.4) is 0 Å². The Morgan fingerprint density at radius 1 is 1.19 bits per heavy atom. The van der Waals surface area contributed by atoms with Crippen molar-refractivity contribution in [2.75, 3.05) is 25.2 Å². The summed E-state index contributed by atoms with van der Waals surface area (Å²) >= 11 is 0. The minimum Gasteiger partial charge on any atom is -0.493 e. The zero-order valence-electron chi connectivity index (χ0n) is 18.0. The Hall–Kier alpha value is -3.35. The zero-order chi connectivity index (χ0) is 22.4. The van der Waals surface area contributed by atoms with Crippen LogP contribution in [0.25, 0.3) is 0 Å². The third kappa shape index (κ3) is 5.63.